The number of carbonyl (C=O) groups excluding carboxylic acids is 2. The molecule has 5 nitrogen and oxygen atoms in total. The number of nitrogens with one attached hydrogen (secondary N) is 2. The van der Waals surface area contributed by atoms with Crippen molar-refractivity contribution in [1.82, 2.24) is 5.32 Å². The molecule has 0 spiro atoms. The summed E-state index contributed by atoms with van der Waals surface area (Å²) in [5.41, 5.74) is 7.21. The highest BCUT2D eigenvalue weighted by atomic mass is 16.2. The Kier molecular flexibility index (Phi) is 5.94. The number of nitrogens with zero attached hydrogens (tertiary/aromatic N) is 1. The molecule has 0 atom stereocenters. The molecule has 5 heteroatoms. The van der Waals surface area contributed by atoms with E-state index in [2.05, 4.69) is 41.0 Å². The molecule has 2 N–H and O–H groups in total. The Hall–Kier alpha value is -4.95. The lowest BCUT2D eigenvalue weighted by Gasteiger charge is -2.20. The summed E-state index contributed by atoms with van der Waals surface area (Å²) in [6.45, 7) is 0. The van der Waals surface area contributed by atoms with E-state index in [0.29, 0.717) is 23.1 Å². The SMILES string of the molecule is N#CCc1ccc(NC=C2C(=O)NC(=O)c3ccc(-c4cccc(-c5ccccc5)c4)cc32)cc1. The van der Waals surface area contributed by atoms with Gasteiger partial charge in [-0.2, -0.15) is 5.26 Å². The van der Waals surface area contributed by atoms with Crippen molar-refractivity contribution in [1.29, 1.82) is 5.26 Å². The van der Waals surface area contributed by atoms with Crippen molar-refractivity contribution >= 4 is 23.1 Å². The number of nitriles is 1. The van der Waals surface area contributed by atoms with Gasteiger partial charge in [-0.25, -0.2) is 0 Å². The molecule has 168 valence electrons. The van der Waals surface area contributed by atoms with Crippen LogP contribution in [-0.4, -0.2) is 11.8 Å². The van der Waals surface area contributed by atoms with Crippen LogP contribution in [0.4, 0.5) is 5.69 Å². The van der Waals surface area contributed by atoms with E-state index in [4.69, 9.17) is 5.26 Å². The summed E-state index contributed by atoms with van der Waals surface area (Å²) in [6.07, 6.45) is 1.96. The van der Waals surface area contributed by atoms with Gasteiger partial charge in [0.15, 0.2) is 0 Å². The summed E-state index contributed by atoms with van der Waals surface area (Å²) in [4.78, 5) is 25.2. The standard InChI is InChI=1S/C30H21N3O2/c31-16-15-20-9-12-25(13-10-20)32-19-28-27-18-24(11-14-26(27)29(34)33-30(28)35)23-8-4-7-22(17-23)21-5-2-1-3-6-21/h1-14,17-19,32H,15H2,(H,33,34,35). The lowest BCUT2D eigenvalue weighted by atomic mass is 9.91. The molecule has 35 heavy (non-hydrogen) atoms. The van der Waals surface area contributed by atoms with Gasteiger partial charge in [0.05, 0.1) is 18.1 Å². The molecule has 0 bridgehead atoms. The van der Waals surface area contributed by atoms with E-state index in [1.54, 1.807) is 12.3 Å². The van der Waals surface area contributed by atoms with Crippen LogP contribution in [0.15, 0.2) is 103 Å². The maximum absolute atomic E-state index is 12.7. The number of benzene rings is 4. The van der Waals surface area contributed by atoms with E-state index in [0.717, 1.165) is 33.5 Å². The van der Waals surface area contributed by atoms with Gasteiger partial charge in [-0.3, -0.25) is 14.9 Å². The molecule has 5 rings (SSSR count). The first-order chi connectivity index (χ1) is 17.1. The highest BCUT2D eigenvalue weighted by Crippen LogP contribution is 2.32. The Balaban J connectivity index is 1.50. The van der Waals surface area contributed by atoms with E-state index in [1.807, 2.05) is 66.7 Å². The smallest absolute Gasteiger partial charge is 0.260 e. The highest BCUT2D eigenvalue weighted by molar-refractivity contribution is 6.31. The summed E-state index contributed by atoms with van der Waals surface area (Å²) in [5.74, 6) is -0.862. The van der Waals surface area contributed by atoms with E-state index < -0.39 is 11.8 Å². The summed E-state index contributed by atoms with van der Waals surface area (Å²) in [6, 6.07) is 33.4. The number of hydrogen-bond donors (Lipinski definition) is 2. The molecule has 1 aliphatic rings. The van der Waals surface area contributed by atoms with Gasteiger partial charge in [-0.05, 0) is 58.1 Å². The van der Waals surface area contributed by atoms with Crippen molar-refractivity contribution in [3.05, 3.63) is 120 Å². The van der Waals surface area contributed by atoms with Crippen LogP contribution in [0, 0.1) is 11.3 Å². The van der Waals surface area contributed by atoms with Crippen LogP contribution in [0.3, 0.4) is 0 Å². The Morgan fingerprint density at radius 3 is 2.14 bits per heavy atom. The normalized spacial score (nSPS) is 13.6. The molecular formula is C30H21N3O2. The molecule has 0 unspecified atom stereocenters. The van der Waals surface area contributed by atoms with Crippen LogP contribution in [0.1, 0.15) is 21.5 Å². The quantitative estimate of drug-likeness (QED) is 0.294. The minimum absolute atomic E-state index is 0.341. The average Bonchev–Trinajstić information content (AvgIpc) is 2.90. The Morgan fingerprint density at radius 2 is 1.40 bits per heavy atom. The third-order valence-corrected chi connectivity index (χ3v) is 5.95. The van der Waals surface area contributed by atoms with Crippen LogP contribution in [-0.2, 0) is 11.2 Å². The van der Waals surface area contributed by atoms with E-state index in [9.17, 15) is 9.59 Å². The fraction of sp³-hybridized carbons (Fsp3) is 0.0333. The fourth-order valence-electron chi connectivity index (χ4n) is 4.12. The summed E-state index contributed by atoms with van der Waals surface area (Å²) in [5, 5.41) is 14.4. The number of hydrogen-bond acceptors (Lipinski definition) is 4. The van der Waals surface area contributed by atoms with Gasteiger partial charge in [-0.1, -0.05) is 66.7 Å². The van der Waals surface area contributed by atoms with Crippen molar-refractivity contribution in [2.75, 3.05) is 5.32 Å². The molecule has 0 aromatic heterocycles. The number of fused-ring (bicyclic) bond motifs is 1. The lowest BCUT2D eigenvalue weighted by Crippen LogP contribution is -2.36. The van der Waals surface area contributed by atoms with Crippen molar-refractivity contribution < 1.29 is 9.59 Å². The molecule has 1 aliphatic heterocycles. The van der Waals surface area contributed by atoms with Gasteiger partial charge in [-0.15, -0.1) is 0 Å². The second kappa shape index (κ2) is 9.50. The van der Waals surface area contributed by atoms with Gasteiger partial charge in [0.25, 0.3) is 11.8 Å². The minimum Gasteiger partial charge on any atom is -0.361 e. The summed E-state index contributed by atoms with van der Waals surface area (Å²) < 4.78 is 0. The van der Waals surface area contributed by atoms with Crippen LogP contribution in [0.5, 0.6) is 0 Å². The Bertz CT molecular complexity index is 1500. The predicted octanol–water partition coefficient (Wildman–Crippen LogP) is 5.81. The second-order valence-corrected chi connectivity index (χ2v) is 8.22. The van der Waals surface area contributed by atoms with Crippen LogP contribution < -0.4 is 10.6 Å². The van der Waals surface area contributed by atoms with Gasteiger partial charge in [0.1, 0.15) is 0 Å². The first-order valence-corrected chi connectivity index (χ1v) is 11.2. The first-order valence-electron chi connectivity index (χ1n) is 11.2. The molecule has 0 saturated heterocycles. The zero-order valence-corrected chi connectivity index (χ0v) is 18.8. The number of rotatable bonds is 5. The maximum atomic E-state index is 12.7. The number of amides is 2. The van der Waals surface area contributed by atoms with Crippen molar-refractivity contribution in [3.8, 4) is 28.3 Å². The van der Waals surface area contributed by atoms with Gasteiger partial charge in [0.2, 0.25) is 0 Å². The monoisotopic (exact) mass is 455 g/mol. The van der Waals surface area contributed by atoms with Crippen molar-refractivity contribution in [3.63, 3.8) is 0 Å². The van der Waals surface area contributed by atoms with Crippen LogP contribution in [0.2, 0.25) is 0 Å². The molecule has 0 fully saturated rings. The van der Waals surface area contributed by atoms with Crippen molar-refractivity contribution in [2.24, 2.45) is 0 Å². The van der Waals surface area contributed by atoms with Crippen LogP contribution >= 0.6 is 0 Å². The molecular weight excluding hydrogens is 434 g/mol. The topological polar surface area (TPSA) is 82.0 Å². The lowest BCUT2D eigenvalue weighted by molar-refractivity contribution is -0.114. The first kappa shape index (κ1) is 21.9. The van der Waals surface area contributed by atoms with Gasteiger partial charge in [0, 0.05) is 23.0 Å². The third-order valence-electron chi connectivity index (χ3n) is 5.95. The molecule has 0 radical (unpaired) electrons. The minimum atomic E-state index is -0.453. The van der Waals surface area contributed by atoms with Gasteiger partial charge >= 0.3 is 0 Å². The number of imide groups is 1. The fourth-order valence-corrected chi connectivity index (χ4v) is 4.12. The molecule has 4 aromatic rings. The van der Waals surface area contributed by atoms with Gasteiger partial charge < -0.3 is 5.32 Å². The Morgan fingerprint density at radius 1 is 0.714 bits per heavy atom. The number of anilines is 1. The largest absolute Gasteiger partial charge is 0.361 e. The summed E-state index contributed by atoms with van der Waals surface area (Å²) >= 11 is 0. The zero-order chi connectivity index (χ0) is 24.2. The molecule has 1 heterocycles. The predicted molar refractivity (Wildman–Crippen MR) is 137 cm³/mol. The molecule has 4 aromatic carbocycles. The molecule has 0 aliphatic carbocycles. The molecule has 0 saturated carbocycles. The third kappa shape index (κ3) is 4.59. The van der Waals surface area contributed by atoms with E-state index >= 15 is 0 Å². The van der Waals surface area contributed by atoms with E-state index in [-0.39, 0.29) is 0 Å². The highest BCUT2D eigenvalue weighted by Gasteiger charge is 2.27. The number of carbonyl (C=O) groups is 2. The zero-order valence-electron chi connectivity index (χ0n) is 18.8. The van der Waals surface area contributed by atoms with E-state index in [1.165, 1.54) is 0 Å². The second-order valence-electron chi connectivity index (χ2n) is 8.22. The van der Waals surface area contributed by atoms with Crippen molar-refractivity contribution in [2.45, 2.75) is 6.42 Å². The molecule has 2 amide bonds. The Labute approximate surface area is 203 Å². The maximum Gasteiger partial charge on any atom is 0.260 e. The summed E-state index contributed by atoms with van der Waals surface area (Å²) in [7, 11) is 0. The van der Waals surface area contributed by atoms with Crippen LogP contribution in [0.25, 0.3) is 27.8 Å². The average molecular weight is 456 g/mol.